The Morgan fingerprint density at radius 2 is 1.96 bits per heavy atom. The van der Waals surface area contributed by atoms with E-state index in [1.54, 1.807) is 7.11 Å². The van der Waals surface area contributed by atoms with Gasteiger partial charge in [-0.2, -0.15) is 5.10 Å². The zero-order valence-electron chi connectivity index (χ0n) is 16.6. The molecule has 0 bridgehead atoms. The maximum absolute atomic E-state index is 5.46. The smallest absolute Gasteiger partial charge is 0.144 e. The lowest BCUT2D eigenvalue weighted by molar-refractivity contribution is 0.285. The van der Waals surface area contributed by atoms with E-state index in [-0.39, 0.29) is 0 Å². The first-order valence-corrected chi connectivity index (χ1v) is 9.80. The van der Waals surface area contributed by atoms with Crippen LogP contribution in [0, 0.1) is 6.92 Å². The van der Waals surface area contributed by atoms with Gasteiger partial charge in [0.1, 0.15) is 11.4 Å². The van der Waals surface area contributed by atoms with Crippen molar-refractivity contribution < 1.29 is 4.74 Å². The van der Waals surface area contributed by atoms with Crippen LogP contribution in [-0.4, -0.2) is 53.0 Å². The van der Waals surface area contributed by atoms with Gasteiger partial charge in [0.05, 0.1) is 13.3 Å². The minimum absolute atomic E-state index is 0.829. The Balaban J connectivity index is 1.41. The molecule has 146 valence electrons. The molecule has 6 heteroatoms. The molecular weight excluding hydrogens is 350 g/mol. The van der Waals surface area contributed by atoms with Crippen LogP contribution in [0.15, 0.2) is 55.0 Å². The number of methoxy groups -OCH3 is 1. The van der Waals surface area contributed by atoms with Crippen molar-refractivity contribution in [3.8, 4) is 11.4 Å². The molecule has 0 radical (unpaired) electrons. The van der Waals surface area contributed by atoms with Crippen LogP contribution in [0.2, 0.25) is 0 Å². The van der Waals surface area contributed by atoms with Gasteiger partial charge in [-0.1, -0.05) is 12.1 Å². The molecule has 1 aliphatic rings. The van der Waals surface area contributed by atoms with E-state index in [1.807, 2.05) is 48.3 Å². The van der Waals surface area contributed by atoms with Gasteiger partial charge in [-0.3, -0.25) is 9.88 Å². The molecule has 0 amide bonds. The number of hydrogen-bond acceptors (Lipinski definition) is 5. The van der Waals surface area contributed by atoms with E-state index in [1.165, 1.54) is 11.3 Å². The zero-order valence-corrected chi connectivity index (χ0v) is 16.6. The van der Waals surface area contributed by atoms with Crippen molar-refractivity contribution in [1.82, 2.24) is 19.7 Å². The molecule has 1 aliphatic heterocycles. The molecule has 0 N–H and O–H groups in total. The van der Waals surface area contributed by atoms with E-state index in [4.69, 9.17) is 4.74 Å². The molecule has 0 saturated carbocycles. The summed E-state index contributed by atoms with van der Waals surface area (Å²) >= 11 is 0. The highest BCUT2D eigenvalue weighted by Crippen LogP contribution is 2.22. The van der Waals surface area contributed by atoms with Crippen molar-refractivity contribution in [2.24, 2.45) is 0 Å². The van der Waals surface area contributed by atoms with Gasteiger partial charge < -0.3 is 9.64 Å². The van der Waals surface area contributed by atoms with Crippen molar-refractivity contribution in [2.45, 2.75) is 19.9 Å². The summed E-state index contributed by atoms with van der Waals surface area (Å²) in [5.74, 6) is 0.829. The Bertz CT molecular complexity index is 923. The van der Waals surface area contributed by atoms with Gasteiger partial charge in [0.2, 0.25) is 0 Å². The van der Waals surface area contributed by atoms with Gasteiger partial charge in [0.25, 0.3) is 0 Å². The number of nitrogens with zero attached hydrogens (tertiary/aromatic N) is 5. The van der Waals surface area contributed by atoms with E-state index in [2.05, 4.69) is 38.2 Å². The maximum Gasteiger partial charge on any atom is 0.144 e. The van der Waals surface area contributed by atoms with E-state index >= 15 is 0 Å². The Hall–Kier alpha value is -2.86. The normalized spacial score (nSPS) is 15.4. The highest BCUT2D eigenvalue weighted by atomic mass is 16.5. The number of rotatable bonds is 5. The van der Waals surface area contributed by atoms with Crippen molar-refractivity contribution in [3.05, 3.63) is 66.2 Å². The van der Waals surface area contributed by atoms with E-state index in [0.29, 0.717) is 0 Å². The predicted octanol–water partition coefficient (Wildman–Crippen LogP) is 3.30. The molecule has 1 fully saturated rings. The molecule has 4 rings (SSSR count). The third kappa shape index (κ3) is 4.17. The first kappa shape index (κ1) is 18.5. The lowest BCUT2D eigenvalue weighted by Crippen LogP contribution is -2.30. The topological polar surface area (TPSA) is 46.4 Å². The third-order valence-corrected chi connectivity index (χ3v) is 5.21. The number of para-hydroxylation sites is 2. The fourth-order valence-electron chi connectivity index (χ4n) is 3.77. The first-order valence-electron chi connectivity index (χ1n) is 9.80. The lowest BCUT2D eigenvalue weighted by atomic mass is 10.3. The molecule has 0 unspecified atom stereocenters. The third-order valence-electron chi connectivity index (χ3n) is 5.21. The van der Waals surface area contributed by atoms with Crippen LogP contribution in [-0.2, 0) is 6.54 Å². The fourth-order valence-corrected chi connectivity index (χ4v) is 3.77. The minimum Gasteiger partial charge on any atom is -0.494 e. The van der Waals surface area contributed by atoms with Crippen molar-refractivity contribution in [1.29, 1.82) is 0 Å². The molecule has 1 aromatic carbocycles. The Kier molecular flexibility index (Phi) is 5.58. The summed E-state index contributed by atoms with van der Waals surface area (Å²) in [5.41, 5.74) is 4.53. The molecular formula is C22H27N5O. The number of pyridine rings is 1. The average Bonchev–Trinajstić information content (AvgIpc) is 3.05. The van der Waals surface area contributed by atoms with Gasteiger partial charge in [0.15, 0.2) is 0 Å². The van der Waals surface area contributed by atoms with Gasteiger partial charge in [-0.15, -0.1) is 0 Å². The summed E-state index contributed by atoms with van der Waals surface area (Å²) < 4.78 is 7.36. The largest absolute Gasteiger partial charge is 0.494 e. The summed E-state index contributed by atoms with van der Waals surface area (Å²) in [5, 5.41) is 4.55. The summed E-state index contributed by atoms with van der Waals surface area (Å²) in [6.45, 7) is 7.22. The predicted molar refractivity (Wildman–Crippen MR) is 111 cm³/mol. The second-order valence-corrected chi connectivity index (χ2v) is 7.24. The SMILES string of the molecule is COc1ccccc1-n1cc(CN2CCCN(c3ccnc(C)c3)CC2)cn1. The highest BCUT2D eigenvalue weighted by Gasteiger charge is 2.16. The molecule has 3 heterocycles. The van der Waals surface area contributed by atoms with Crippen LogP contribution in [0.25, 0.3) is 5.69 Å². The molecule has 0 aliphatic carbocycles. The van der Waals surface area contributed by atoms with Crippen molar-refractivity contribution >= 4 is 5.69 Å². The van der Waals surface area contributed by atoms with Crippen molar-refractivity contribution in [2.75, 3.05) is 38.2 Å². The van der Waals surface area contributed by atoms with Crippen LogP contribution >= 0.6 is 0 Å². The first-order chi connectivity index (χ1) is 13.7. The Morgan fingerprint density at radius 3 is 2.82 bits per heavy atom. The summed E-state index contributed by atoms with van der Waals surface area (Å²) in [6.07, 6.45) is 7.12. The lowest BCUT2D eigenvalue weighted by Gasteiger charge is -2.23. The number of hydrogen-bond donors (Lipinski definition) is 0. The Labute approximate surface area is 166 Å². The average molecular weight is 377 g/mol. The molecule has 0 atom stereocenters. The van der Waals surface area contributed by atoms with Gasteiger partial charge in [0, 0.05) is 62.1 Å². The Morgan fingerprint density at radius 1 is 1.07 bits per heavy atom. The van der Waals surface area contributed by atoms with Crippen molar-refractivity contribution in [3.63, 3.8) is 0 Å². The molecule has 0 spiro atoms. The number of aromatic nitrogens is 3. The summed E-state index contributed by atoms with van der Waals surface area (Å²) in [7, 11) is 1.69. The molecule has 2 aromatic heterocycles. The van der Waals surface area contributed by atoms with Crippen LogP contribution in [0.5, 0.6) is 5.75 Å². The molecule has 3 aromatic rings. The monoisotopic (exact) mass is 377 g/mol. The standard InChI is InChI=1S/C22H27N5O/c1-18-14-20(8-9-23-18)26-11-5-10-25(12-13-26)16-19-15-24-27(17-19)21-6-3-4-7-22(21)28-2/h3-4,6-9,14-15,17H,5,10-13,16H2,1-2H3. The highest BCUT2D eigenvalue weighted by molar-refractivity contribution is 5.47. The van der Waals surface area contributed by atoms with Crippen LogP contribution < -0.4 is 9.64 Å². The fraction of sp³-hybridized carbons (Fsp3) is 0.364. The number of anilines is 1. The summed E-state index contributed by atoms with van der Waals surface area (Å²) in [4.78, 5) is 9.29. The quantitative estimate of drug-likeness (QED) is 0.683. The minimum atomic E-state index is 0.829. The molecule has 1 saturated heterocycles. The van der Waals surface area contributed by atoms with E-state index < -0.39 is 0 Å². The van der Waals surface area contributed by atoms with Crippen LogP contribution in [0.1, 0.15) is 17.7 Å². The number of ether oxygens (including phenoxy) is 1. The zero-order chi connectivity index (χ0) is 19.3. The molecule has 6 nitrogen and oxygen atoms in total. The van der Waals surface area contributed by atoms with Gasteiger partial charge in [-0.25, -0.2) is 4.68 Å². The second kappa shape index (κ2) is 8.44. The van der Waals surface area contributed by atoms with E-state index in [9.17, 15) is 0 Å². The van der Waals surface area contributed by atoms with Gasteiger partial charge in [-0.05, 0) is 37.6 Å². The van der Waals surface area contributed by atoms with Crippen LogP contribution in [0.3, 0.4) is 0 Å². The second-order valence-electron chi connectivity index (χ2n) is 7.24. The van der Waals surface area contributed by atoms with E-state index in [0.717, 1.165) is 56.3 Å². The molecule has 28 heavy (non-hydrogen) atoms. The maximum atomic E-state index is 5.46. The summed E-state index contributed by atoms with van der Waals surface area (Å²) in [6, 6.07) is 12.2. The van der Waals surface area contributed by atoms with Crippen LogP contribution in [0.4, 0.5) is 5.69 Å². The number of aryl methyl sites for hydroxylation is 1. The van der Waals surface area contributed by atoms with Gasteiger partial charge >= 0.3 is 0 Å². The number of benzene rings is 1.